The molecular weight excluding hydrogens is 378 g/mol. The summed E-state index contributed by atoms with van der Waals surface area (Å²) in [6.45, 7) is 5.76. The summed E-state index contributed by atoms with van der Waals surface area (Å²) in [4.78, 5) is 11.7. The molecule has 162 valence electrons. The summed E-state index contributed by atoms with van der Waals surface area (Å²) < 4.78 is 22.1. The van der Waals surface area contributed by atoms with Crippen molar-refractivity contribution >= 4 is 5.91 Å². The third-order valence-corrected chi connectivity index (χ3v) is 4.70. The van der Waals surface area contributed by atoms with Gasteiger partial charge >= 0.3 is 0 Å². The van der Waals surface area contributed by atoms with Gasteiger partial charge in [0.25, 0.3) is 0 Å². The minimum atomic E-state index is -1.61. The second-order valence-electron chi connectivity index (χ2n) is 6.85. The second kappa shape index (κ2) is 10.1. The van der Waals surface area contributed by atoms with Crippen LogP contribution in [-0.4, -0.2) is 106 Å². The zero-order valence-electron chi connectivity index (χ0n) is 15.7. The standard InChI is InChI=1S/C17H29NO10/c1-4-5-25-16-10(18-8(3)20)15(12(22)9(6-19)27-16)28-17-14(24)13(23)11(21)7(2)26-17/h4,7,9-17,19,21-24H,1,5-6H2,2-3H3,(H,18,20)/t7-,9+,10+,11+,12+,13+,14-,15+,16+,17-/m0/s1. The molecule has 28 heavy (non-hydrogen) atoms. The van der Waals surface area contributed by atoms with E-state index in [1.54, 1.807) is 0 Å². The van der Waals surface area contributed by atoms with E-state index in [0.717, 1.165) is 0 Å². The van der Waals surface area contributed by atoms with Gasteiger partial charge in [0.15, 0.2) is 12.6 Å². The van der Waals surface area contributed by atoms with E-state index in [4.69, 9.17) is 18.9 Å². The van der Waals surface area contributed by atoms with E-state index in [9.17, 15) is 30.3 Å². The van der Waals surface area contributed by atoms with Crippen molar-refractivity contribution in [2.45, 2.75) is 75.2 Å². The molecule has 2 rings (SSSR count). The number of rotatable bonds is 7. The van der Waals surface area contributed by atoms with Crippen molar-refractivity contribution < 1.29 is 49.3 Å². The number of aliphatic hydroxyl groups excluding tert-OH is 5. The molecule has 0 aromatic carbocycles. The third-order valence-electron chi connectivity index (χ3n) is 4.70. The largest absolute Gasteiger partial charge is 0.394 e. The van der Waals surface area contributed by atoms with Gasteiger partial charge in [-0.2, -0.15) is 0 Å². The average molecular weight is 407 g/mol. The lowest BCUT2D eigenvalue weighted by atomic mass is 9.95. The van der Waals surface area contributed by atoms with Gasteiger partial charge in [-0.15, -0.1) is 6.58 Å². The number of amides is 1. The maximum atomic E-state index is 11.7. The molecular formula is C17H29NO10. The Morgan fingerprint density at radius 2 is 1.79 bits per heavy atom. The number of aliphatic hydroxyl groups is 5. The van der Waals surface area contributed by atoms with Gasteiger partial charge in [0.1, 0.15) is 42.7 Å². The molecule has 2 aliphatic rings. The van der Waals surface area contributed by atoms with Gasteiger partial charge in [0, 0.05) is 6.92 Å². The van der Waals surface area contributed by atoms with Crippen LogP contribution >= 0.6 is 0 Å². The number of nitrogens with one attached hydrogen (secondary N) is 1. The lowest BCUT2D eigenvalue weighted by Gasteiger charge is -2.47. The third kappa shape index (κ3) is 5.06. The molecule has 2 aliphatic heterocycles. The lowest BCUT2D eigenvalue weighted by molar-refractivity contribution is -0.340. The van der Waals surface area contributed by atoms with Crippen molar-refractivity contribution in [3.05, 3.63) is 12.7 Å². The molecule has 0 aromatic rings. The van der Waals surface area contributed by atoms with Gasteiger partial charge in [0.05, 0.1) is 19.3 Å². The Hall–Kier alpha value is -1.15. The van der Waals surface area contributed by atoms with Crippen LogP contribution in [0.3, 0.4) is 0 Å². The molecule has 0 saturated carbocycles. The van der Waals surface area contributed by atoms with Gasteiger partial charge in [0.2, 0.25) is 5.91 Å². The van der Waals surface area contributed by atoms with E-state index in [1.807, 2.05) is 0 Å². The summed E-state index contributed by atoms with van der Waals surface area (Å²) in [6, 6.07) is -1.02. The zero-order chi connectivity index (χ0) is 21.0. The van der Waals surface area contributed by atoms with Crippen LogP contribution in [0.25, 0.3) is 0 Å². The quantitative estimate of drug-likeness (QED) is 0.239. The van der Waals surface area contributed by atoms with Crippen molar-refractivity contribution in [2.24, 2.45) is 0 Å². The fourth-order valence-electron chi connectivity index (χ4n) is 3.20. The van der Waals surface area contributed by atoms with Crippen LogP contribution in [0, 0.1) is 0 Å². The molecule has 0 radical (unpaired) electrons. The normalized spacial score (nSPS) is 44.1. The fraction of sp³-hybridized carbons (Fsp3) is 0.824. The smallest absolute Gasteiger partial charge is 0.217 e. The number of hydrogen-bond acceptors (Lipinski definition) is 10. The Morgan fingerprint density at radius 3 is 2.36 bits per heavy atom. The Bertz CT molecular complexity index is 534. The summed E-state index contributed by atoms with van der Waals surface area (Å²) in [5.74, 6) is -0.460. The van der Waals surface area contributed by atoms with Crippen LogP contribution in [0.2, 0.25) is 0 Å². The first-order valence-electron chi connectivity index (χ1n) is 9.00. The topological polar surface area (TPSA) is 167 Å². The maximum Gasteiger partial charge on any atom is 0.217 e. The molecule has 0 unspecified atom stereocenters. The minimum absolute atomic E-state index is 0.0617. The van der Waals surface area contributed by atoms with Gasteiger partial charge in [-0.05, 0) is 6.92 Å². The van der Waals surface area contributed by atoms with Crippen LogP contribution in [-0.2, 0) is 23.7 Å². The predicted molar refractivity (Wildman–Crippen MR) is 92.7 cm³/mol. The van der Waals surface area contributed by atoms with Crippen LogP contribution in [0.4, 0.5) is 0 Å². The first-order valence-corrected chi connectivity index (χ1v) is 9.00. The molecule has 6 N–H and O–H groups in total. The lowest BCUT2D eigenvalue weighted by Crippen LogP contribution is -2.67. The molecule has 0 spiro atoms. The summed E-state index contributed by atoms with van der Waals surface area (Å²) in [6.07, 6.45) is -10.1. The van der Waals surface area contributed by atoms with Crippen LogP contribution in [0.1, 0.15) is 13.8 Å². The number of hydrogen-bond donors (Lipinski definition) is 6. The summed E-state index contributed by atoms with van der Waals surface area (Å²) >= 11 is 0. The first-order chi connectivity index (χ1) is 13.2. The molecule has 2 saturated heterocycles. The fourth-order valence-corrected chi connectivity index (χ4v) is 3.20. The van der Waals surface area contributed by atoms with Gasteiger partial charge in [-0.1, -0.05) is 6.08 Å². The molecule has 11 nitrogen and oxygen atoms in total. The second-order valence-corrected chi connectivity index (χ2v) is 6.85. The molecule has 11 heteroatoms. The molecule has 2 heterocycles. The highest BCUT2D eigenvalue weighted by molar-refractivity contribution is 5.73. The van der Waals surface area contributed by atoms with Gasteiger partial charge < -0.3 is 49.8 Å². The predicted octanol–water partition coefficient (Wildman–Crippen LogP) is -3.02. The highest BCUT2D eigenvalue weighted by atomic mass is 16.7. The van der Waals surface area contributed by atoms with Gasteiger partial charge in [-0.25, -0.2) is 0 Å². The van der Waals surface area contributed by atoms with Crippen molar-refractivity contribution in [3.8, 4) is 0 Å². The Kier molecular flexibility index (Phi) is 8.30. The minimum Gasteiger partial charge on any atom is -0.394 e. The summed E-state index contributed by atoms with van der Waals surface area (Å²) in [5.41, 5.74) is 0. The van der Waals surface area contributed by atoms with Crippen LogP contribution in [0.15, 0.2) is 12.7 Å². The average Bonchev–Trinajstić information content (AvgIpc) is 2.65. The van der Waals surface area contributed by atoms with E-state index >= 15 is 0 Å². The van der Waals surface area contributed by atoms with Crippen LogP contribution < -0.4 is 5.32 Å². The van der Waals surface area contributed by atoms with Crippen molar-refractivity contribution in [1.29, 1.82) is 0 Å². The Morgan fingerprint density at radius 1 is 1.11 bits per heavy atom. The molecule has 0 aromatic heterocycles. The number of ether oxygens (including phenoxy) is 4. The molecule has 0 bridgehead atoms. The van der Waals surface area contributed by atoms with Crippen molar-refractivity contribution in [2.75, 3.05) is 13.2 Å². The molecule has 10 atom stereocenters. The molecule has 0 aliphatic carbocycles. The highest BCUT2D eigenvalue weighted by Gasteiger charge is 2.51. The summed E-state index contributed by atoms with van der Waals surface area (Å²) in [5, 5.41) is 52.6. The monoisotopic (exact) mass is 407 g/mol. The van der Waals surface area contributed by atoms with Gasteiger partial charge in [-0.3, -0.25) is 4.79 Å². The van der Waals surface area contributed by atoms with E-state index in [-0.39, 0.29) is 6.61 Å². The van der Waals surface area contributed by atoms with Crippen LogP contribution in [0.5, 0.6) is 0 Å². The van der Waals surface area contributed by atoms with Crippen molar-refractivity contribution in [1.82, 2.24) is 5.32 Å². The Balaban J connectivity index is 2.26. The SMILES string of the molecule is C=CCO[C@@H]1O[C@H](CO)[C@@H](O)[C@H](O[C@@H]2O[C@@H](C)[C@@H](O)[C@@H](O)[C@@H]2O)[C@H]1NC(C)=O. The zero-order valence-corrected chi connectivity index (χ0v) is 15.7. The Labute approximate surface area is 162 Å². The molecule has 1 amide bonds. The number of carbonyl (C=O) groups is 1. The first kappa shape index (κ1) is 23.1. The highest BCUT2D eigenvalue weighted by Crippen LogP contribution is 2.29. The molecule has 2 fully saturated rings. The van der Waals surface area contributed by atoms with E-state index in [2.05, 4.69) is 11.9 Å². The van der Waals surface area contributed by atoms with E-state index < -0.39 is 73.9 Å². The van der Waals surface area contributed by atoms with E-state index in [1.165, 1.54) is 19.9 Å². The maximum absolute atomic E-state index is 11.7. The number of carbonyl (C=O) groups excluding carboxylic acids is 1. The van der Waals surface area contributed by atoms with E-state index in [0.29, 0.717) is 0 Å². The summed E-state index contributed by atoms with van der Waals surface area (Å²) in [7, 11) is 0. The van der Waals surface area contributed by atoms with Crippen molar-refractivity contribution in [3.63, 3.8) is 0 Å².